The maximum atomic E-state index is 12.8. The summed E-state index contributed by atoms with van der Waals surface area (Å²) in [5.41, 5.74) is 0.717. The normalized spacial score (nSPS) is 15.7. The summed E-state index contributed by atoms with van der Waals surface area (Å²) in [7, 11) is 1.69. The molecule has 1 atom stereocenters. The first-order chi connectivity index (χ1) is 15.1. The summed E-state index contributed by atoms with van der Waals surface area (Å²) in [6, 6.07) is 10.8. The van der Waals surface area contributed by atoms with E-state index in [1.54, 1.807) is 17.8 Å². The zero-order valence-corrected chi connectivity index (χ0v) is 17.2. The fraction of sp³-hybridized carbons (Fsp3) is 0.364. The Morgan fingerprint density at radius 1 is 1.29 bits per heavy atom. The fourth-order valence-electron chi connectivity index (χ4n) is 3.38. The summed E-state index contributed by atoms with van der Waals surface area (Å²) < 4.78 is 18.1. The van der Waals surface area contributed by atoms with Crippen molar-refractivity contribution in [2.24, 2.45) is 7.05 Å². The van der Waals surface area contributed by atoms with Crippen molar-refractivity contribution in [1.29, 1.82) is 0 Å². The van der Waals surface area contributed by atoms with Gasteiger partial charge < -0.3 is 23.9 Å². The summed E-state index contributed by atoms with van der Waals surface area (Å²) >= 11 is 0. The first kappa shape index (κ1) is 20.8. The van der Waals surface area contributed by atoms with Crippen LogP contribution in [0.1, 0.15) is 46.7 Å². The number of carbonyl (C=O) groups excluding carboxylic acids is 1. The predicted molar refractivity (Wildman–Crippen MR) is 111 cm³/mol. The Balaban J connectivity index is 1.39. The van der Waals surface area contributed by atoms with Crippen molar-refractivity contribution >= 4 is 5.91 Å². The molecule has 31 heavy (non-hydrogen) atoms. The summed E-state index contributed by atoms with van der Waals surface area (Å²) in [5.74, 6) is 0.576. The van der Waals surface area contributed by atoms with E-state index < -0.39 is 5.91 Å². The number of rotatable bonds is 8. The lowest BCUT2D eigenvalue weighted by molar-refractivity contribution is 0.0835. The number of ether oxygens (including phenoxy) is 2. The molecule has 0 saturated carbocycles. The Kier molecular flexibility index (Phi) is 6.42. The number of carbonyl (C=O) groups is 1. The molecule has 1 aromatic carbocycles. The van der Waals surface area contributed by atoms with Gasteiger partial charge in [0.15, 0.2) is 17.3 Å². The van der Waals surface area contributed by atoms with Crippen LogP contribution in [0.25, 0.3) is 0 Å². The van der Waals surface area contributed by atoms with Crippen LogP contribution in [0.15, 0.2) is 51.9 Å². The van der Waals surface area contributed by atoms with Crippen molar-refractivity contribution < 1.29 is 18.8 Å². The molecule has 0 radical (unpaired) electrons. The topological polar surface area (TPSA) is 108 Å². The summed E-state index contributed by atoms with van der Waals surface area (Å²) in [4.78, 5) is 29.5. The summed E-state index contributed by atoms with van der Waals surface area (Å²) in [6.45, 7) is 1.17. The standard InChI is InChI=1S/C22H24N4O5/c1-26-12-10-16(27)20(30-14-15-6-3-2-4-7-15)19(26)21(28)23-11-9-18-24-22(31-25-18)17-8-5-13-29-17/h2-4,6-7,10,12,17H,5,8-9,11,13-14H2,1H3,(H,23,28). The van der Waals surface area contributed by atoms with Gasteiger partial charge in [0.05, 0.1) is 0 Å². The Morgan fingerprint density at radius 2 is 2.13 bits per heavy atom. The Bertz CT molecular complexity index is 1090. The summed E-state index contributed by atoms with van der Waals surface area (Å²) in [5, 5.41) is 6.75. The number of benzene rings is 1. The van der Waals surface area contributed by atoms with E-state index in [1.807, 2.05) is 30.3 Å². The van der Waals surface area contributed by atoms with Gasteiger partial charge in [-0.15, -0.1) is 0 Å². The predicted octanol–water partition coefficient (Wildman–Crippen LogP) is 2.17. The molecule has 1 unspecified atom stereocenters. The van der Waals surface area contributed by atoms with Gasteiger partial charge >= 0.3 is 0 Å². The lowest BCUT2D eigenvalue weighted by atomic mass is 10.2. The molecule has 2 aromatic heterocycles. The number of amides is 1. The second-order valence-electron chi connectivity index (χ2n) is 7.30. The fourth-order valence-corrected chi connectivity index (χ4v) is 3.38. The molecule has 9 heteroatoms. The van der Waals surface area contributed by atoms with Gasteiger partial charge in [-0.1, -0.05) is 35.5 Å². The van der Waals surface area contributed by atoms with Gasteiger partial charge in [0.1, 0.15) is 12.7 Å². The molecular weight excluding hydrogens is 400 g/mol. The molecule has 1 aliphatic rings. The van der Waals surface area contributed by atoms with Crippen LogP contribution in [-0.2, 0) is 24.8 Å². The van der Waals surface area contributed by atoms with E-state index in [4.69, 9.17) is 14.0 Å². The molecular formula is C22H24N4O5. The molecule has 1 amide bonds. The van der Waals surface area contributed by atoms with Crippen molar-refractivity contribution in [1.82, 2.24) is 20.0 Å². The Hall–Kier alpha value is -3.46. The maximum Gasteiger partial charge on any atom is 0.271 e. The third-order valence-corrected chi connectivity index (χ3v) is 5.01. The van der Waals surface area contributed by atoms with Crippen LogP contribution in [0, 0.1) is 0 Å². The molecule has 0 aliphatic carbocycles. The minimum Gasteiger partial charge on any atom is -0.483 e. The van der Waals surface area contributed by atoms with Gasteiger partial charge in [0.25, 0.3) is 11.8 Å². The number of aryl methyl sites for hydroxylation is 1. The first-order valence-corrected chi connectivity index (χ1v) is 10.2. The van der Waals surface area contributed by atoms with Gasteiger partial charge in [-0.05, 0) is 18.4 Å². The highest BCUT2D eigenvalue weighted by molar-refractivity contribution is 5.95. The minimum absolute atomic E-state index is 0.0200. The second-order valence-corrected chi connectivity index (χ2v) is 7.30. The molecule has 162 valence electrons. The highest BCUT2D eigenvalue weighted by Gasteiger charge is 2.24. The molecule has 0 spiro atoms. The average Bonchev–Trinajstić information content (AvgIpc) is 3.47. The van der Waals surface area contributed by atoms with Crippen LogP contribution in [0.3, 0.4) is 0 Å². The lowest BCUT2D eigenvalue weighted by Gasteiger charge is -2.14. The number of pyridine rings is 1. The quantitative estimate of drug-likeness (QED) is 0.590. The number of hydrogen-bond acceptors (Lipinski definition) is 7. The van der Waals surface area contributed by atoms with Gasteiger partial charge in [-0.3, -0.25) is 9.59 Å². The highest BCUT2D eigenvalue weighted by Crippen LogP contribution is 2.26. The van der Waals surface area contributed by atoms with Gasteiger partial charge in [-0.2, -0.15) is 4.98 Å². The molecule has 4 rings (SSSR count). The zero-order valence-electron chi connectivity index (χ0n) is 17.2. The molecule has 3 heterocycles. The van der Waals surface area contributed by atoms with E-state index in [1.165, 1.54) is 6.07 Å². The molecule has 0 bridgehead atoms. The van der Waals surface area contributed by atoms with E-state index >= 15 is 0 Å². The maximum absolute atomic E-state index is 12.8. The van der Waals surface area contributed by atoms with Crippen LogP contribution < -0.4 is 15.5 Å². The van der Waals surface area contributed by atoms with E-state index in [9.17, 15) is 9.59 Å². The lowest BCUT2D eigenvalue weighted by Crippen LogP contribution is -2.30. The zero-order chi connectivity index (χ0) is 21.6. The van der Waals surface area contributed by atoms with Crippen molar-refractivity contribution in [3.8, 4) is 5.75 Å². The number of nitrogens with zero attached hydrogens (tertiary/aromatic N) is 3. The van der Waals surface area contributed by atoms with Gasteiger partial charge in [0, 0.05) is 38.9 Å². The average molecular weight is 424 g/mol. The minimum atomic E-state index is -0.411. The smallest absolute Gasteiger partial charge is 0.271 e. The monoisotopic (exact) mass is 424 g/mol. The van der Waals surface area contributed by atoms with Crippen LogP contribution in [0.4, 0.5) is 0 Å². The molecule has 1 saturated heterocycles. The molecule has 1 aliphatic heterocycles. The van der Waals surface area contributed by atoms with Crippen molar-refractivity contribution in [2.75, 3.05) is 13.2 Å². The SMILES string of the molecule is Cn1ccc(=O)c(OCc2ccccc2)c1C(=O)NCCc1noc(C2CCCO2)n1. The third-order valence-electron chi connectivity index (χ3n) is 5.01. The summed E-state index contributed by atoms with van der Waals surface area (Å²) in [6.07, 6.45) is 3.64. The highest BCUT2D eigenvalue weighted by atomic mass is 16.5. The van der Waals surface area contributed by atoms with E-state index in [0.29, 0.717) is 24.7 Å². The molecule has 1 N–H and O–H groups in total. The van der Waals surface area contributed by atoms with Crippen molar-refractivity contribution in [3.05, 3.63) is 75.8 Å². The van der Waals surface area contributed by atoms with E-state index in [0.717, 1.165) is 18.4 Å². The number of hydrogen-bond donors (Lipinski definition) is 1. The van der Waals surface area contributed by atoms with Crippen LogP contribution >= 0.6 is 0 Å². The molecule has 3 aromatic rings. The number of aromatic nitrogens is 3. The largest absolute Gasteiger partial charge is 0.483 e. The van der Waals surface area contributed by atoms with Crippen molar-refractivity contribution in [2.45, 2.75) is 32.0 Å². The van der Waals surface area contributed by atoms with E-state index in [-0.39, 0.29) is 36.1 Å². The van der Waals surface area contributed by atoms with Crippen LogP contribution in [0.2, 0.25) is 0 Å². The van der Waals surface area contributed by atoms with Crippen molar-refractivity contribution in [3.63, 3.8) is 0 Å². The number of nitrogens with one attached hydrogen (secondary N) is 1. The van der Waals surface area contributed by atoms with Gasteiger partial charge in [-0.25, -0.2) is 0 Å². The van der Waals surface area contributed by atoms with Gasteiger partial charge in [0.2, 0.25) is 5.43 Å². The third kappa shape index (κ3) is 5.00. The second kappa shape index (κ2) is 9.57. The molecule has 9 nitrogen and oxygen atoms in total. The Labute approximate surface area is 179 Å². The van der Waals surface area contributed by atoms with E-state index in [2.05, 4.69) is 15.5 Å². The Morgan fingerprint density at radius 3 is 2.90 bits per heavy atom. The van der Waals surface area contributed by atoms with Crippen LogP contribution in [-0.4, -0.2) is 33.8 Å². The van der Waals surface area contributed by atoms with Crippen LogP contribution in [0.5, 0.6) is 5.75 Å². The molecule has 1 fully saturated rings. The first-order valence-electron chi connectivity index (χ1n) is 10.2.